The lowest BCUT2D eigenvalue weighted by molar-refractivity contribution is -0.137. The minimum Gasteiger partial charge on any atom is -0.383 e. The van der Waals surface area contributed by atoms with Crippen molar-refractivity contribution in [2.75, 3.05) is 12.3 Å². The Labute approximate surface area is 179 Å². The standard InChI is InChI=1S/C23H25F3N4O/c1-13(2)12-30(15(4)19-8-6-18(11-28-19)23(24,25)26)22(31)16-5-7-20-17(10-16)9-14(3)21(27)29-20/h5-11,13,15H,12H2,1-4H3,(H2,27,29)/t15-/m1/s1. The van der Waals surface area contributed by atoms with Gasteiger partial charge in [-0.15, -0.1) is 0 Å². The van der Waals surface area contributed by atoms with Crippen LogP contribution in [0.3, 0.4) is 0 Å². The van der Waals surface area contributed by atoms with E-state index in [2.05, 4.69) is 9.97 Å². The van der Waals surface area contributed by atoms with E-state index in [0.29, 0.717) is 29.1 Å². The number of rotatable bonds is 5. The molecule has 0 aliphatic heterocycles. The van der Waals surface area contributed by atoms with Gasteiger partial charge in [-0.2, -0.15) is 13.2 Å². The highest BCUT2D eigenvalue weighted by atomic mass is 19.4. The molecule has 0 spiro atoms. The van der Waals surface area contributed by atoms with Crippen molar-refractivity contribution in [2.24, 2.45) is 5.92 Å². The summed E-state index contributed by atoms with van der Waals surface area (Å²) in [6.45, 7) is 8.00. The normalized spacial score (nSPS) is 12.9. The average Bonchev–Trinajstić information content (AvgIpc) is 2.71. The quantitative estimate of drug-likeness (QED) is 0.588. The summed E-state index contributed by atoms with van der Waals surface area (Å²) in [4.78, 5) is 23.3. The molecule has 2 N–H and O–H groups in total. The second-order valence-corrected chi connectivity index (χ2v) is 8.09. The molecular weight excluding hydrogens is 405 g/mol. The van der Waals surface area contributed by atoms with E-state index in [4.69, 9.17) is 5.73 Å². The number of anilines is 1. The van der Waals surface area contributed by atoms with Crippen LogP contribution in [0.25, 0.3) is 10.9 Å². The topological polar surface area (TPSA) is 72.1 Å². The molecular formula is C23H25F3N4O. The molecule has 1 aromatic carbocycles. The number of aromatic nitrogens is 2. The minimum absolute atomic E-state index is 0.157. The Hall–Kier alpha value is -3.16. The maximum absolute atomic E-state index is 13.4. The number of aryl methyl sites for hydroxylation is 1. The number of carbonyl (C=O) groups excluding carboxylic acids is 1. The van der Waals surface area contributed by atoms with E-state index in [1.54, 1.807) is 30.0 Å². The molecule has 0 aliphatic rings. The van der Waals surface area contributed by atoms with Gasteiger partial charge in [-0.3, -0.25) is 9.78 Å². The lowest BCUT2D eigenvalue weighted by Crippen LogP contribution is -2.36. The van der Waals surface area contributed by atoms with Gasteiger partial charge in [0.1, 0.15) is 5.82 Å². The summed E-state index contributed by atoms with van der Waals surface area (Å²) in [6, 6.07) is 8.88. The second kappa shape index (κ2) is 8.53. The van der Waals surface area contributed by atoms with Crippen LogP contribution in [-0.4, -0.2) is 27.3 Å². The number of fused-ring (bicyclic) bond motifs is 1. The van der Waals surface area contributed by atoms with Gasteiger partial charge in [-0.25, -0.2) is 4.98 Å². The van der Waals surface area contributed by atoms with Gasteiger partial charge >= 0.3 is 6.18 Å². The fourth-order valence-electron chi connectivity index (χ4n) is 3.39. The Morgan fingerprint density at radius 1 is 1.13 bits per heavy atom. The van der Waals surface area contributed by atoms with Crippen molar-refractivity contribution < 1.29 is 18.0 Å². The summed E-state index contributed by atoms with van der Waals surface area (Å²) in [5, 5.41) is 0.794. The molecule has 2 heterocycles. The van der Waals surface area contributed by atoms with E-state index in [1.165, 1.54) is 6.07 Å². The van der Waals surface area contributed by atoms with Gasteiger partial charge in [0.05, 0.1) is 22.8 Å². The van der Waals surface area contributed by atoms with Crippen LogP contribution in [0.4, 0.5) is 19.0 Å². The molecule has 0 bridgehead atoms. The second-order valence-electron chi connectivity index (χ2n) is 8.09. The van der Waals surface area contributed by atoms with Crippen molar-refractivity contribution >= 4 is 22.6 Å². The van der Waals surface area contributed by atoms with E-state index in [1.807, 2.05) is 26.8 Å². The molecule has 3 aromatic rings. The number of carbonyl (C=O) groups is 1. The number of halogens is 3. The molecule has 0 aliphatic carbocycles. The maximum atomic E-state index is 13.4. The van der Waals surface area contributed by atoms with Crippen LogP contribution >= 0.6 is 0 Å². The maximum Gasteiger partial charge on any atom is 0.417 e. The minimum atomic E-state index is -4.46. The fourth-order valence-corrected chi connectivity index (χ4v) is 3.39. The first kappa shape index (κ1) is 22.5. The van der Waals surface area contributed by atoms with E-state index in [-0.39, 0.29) is 11.8 Å². The molecule has 0 radical (unpaired) electrons. The molecule has 0 saturated carbocycles. The Kier molecular flexibility index (Phi) is 6.20. The van der Waals surface area contributed by atoms with Crippen molar-refractivity contribution in [1.29, 1.82) is 0 Å². The molecule has 0 unspecified atom stereocenters. The number of hydrogen-bond donors (Lipinski definition) is 1. The van der Waals surface area contributed by atoms with Gasteiger partial charge in [-0.05, 0) is 61.7 Å². The van der Waals surface area contributed by atoms with Crippen molar-refractivity contribution in [1.82, 2.24) is 14.9 Å². The van der Waals surface area contributed by atoms with E-state index in [9.17, 15) is 18.0 Å². The number of alkyl halides is 3. The lowest BCUT2D eigenvalue weighted by atomic mass is 10.0. The fraction of sp³-hybridized carbons (Fsp3) is 0.348. The Balaban J connectivity index is 1.95. The summed E-state index contributed by atoms with van der Waals surface area (Å²) < 4.78 is 38.6. The first-order valence-corrected chi connectivity index (χ1v) is 9.98. The van der Waals surface area contributed by atoms with Crippen LogP contribution in [0.2, 0.25) is 0 Å². The van der Waals surface area contributed by atoms with E-state index < -0.39 is 17.8 Å². The molecule has 1 amide bonds. The van der Waals surface area contributed by atoms with Gasteiger partial charge in [-0.1, -0.05) is 13.8 Å². The highest BCUT2D eigenvalue weighted by Gasteiger charge is 2.31. The summed E-state index contributed by atoms with van der Waals surface area (Å²) in [6.07, 6.45) is -3.65. The number of amides is 1. The highest BCUT2D eigenvalue weighted by molar-refractivity contribution is 5.98. The molecule has 8 heteroatoms. The van der Waals surface area contributed by atoms with Crippen LogP contribution in [-0.2, 0) is 6.18 Å². The third-order valence-electron chi connectivity index (χ3n) is 5.12. The van der Waals surface area contributed by atoms with Crippen molar-refractivity contribution in [3.05, 3.63) is 65.0 Å². The first-order chi connectivity index (χ1) is 14.5. The van der Waals surface area contributed by atoms with Gasteiger partial charge < -0.3 is 10.6 Å². The number of benzene rings is 1. The largest absolute Gasteiger partial charge is 0.417 e. The molecule has 1 atom stereocenters. The Bertz CT molecular complexity index is 1090. The molecule has 3 rings (SSSR count). The van der Waals surface area contributed by atoms with Crippen LogP contribution in [0, 0.1) is 12.8 Å². The third-order valence-corrected chi connectivity index (χ3v) is 5.12. The van der Waals surface area contributed by atoms with Crippen molar-refractivity contribution in [3.63, 3.8) is 0 Å². The van der Waals surface area contributed by atoms with Gasteiger partial charge in [0, 0.05) is 23.7 Å². The highest BCUT2D eigenvalue weighted by Crippen LogP contribution is 2.30. The zero-order valence-electron chi connectivity index (χ0n) is 17.9. The van der Waals surface area contributed by atoms with Crippen LogP contribution in [0.5, 0.6) is 0 Å². The van der Waals surface area contributed by atoms with Gasteiger partial charge in [0.2, 0.25) is 0 Å². The molecule has 31 heavy (non-hydrogen) atoms. The molecule has 164 valence electrons. The Morgan fingerprint density at radius 3 is 2.42 bits per heavy atom. The predicted octanol–water partition coefficient (Wildman–Crippen LogP) is 5.40. The molecule has 0 fully saturated rings. The first-order valence-electron chi connectivity index (χ1n) is 9.98. The summed E-state index contributed by atoms with van der Waals surface area (Å²) >= 11 is 0. The number of nitrogen functional groups attached to an aromatic ring is 1. The van der Waals surface area contributed by atoms with Crippen LogP contribution < -0.4 is 5.73 Å². The smallest absolute Gasteiger partial charge is 0.383 e. The average molecular weight is 430 g/mol. The van der Waals surface area contributed by atoms with Crippen LogP contribution in [0.1, 0.15) is 54.0 Å². The van der Waals surface area contributed by atoms with E-state index >= 15 is 0 Å². The summed E-state index contributed by atoms with van der Waals surface area (Å²) in [5.74, 6) is 0.374. The van der Waals surface area contributed by atoms with Crippen molar-refractivity contribution in [2.45, 2.75) is 39.9 Å². The van der Waals surface area contributed by atoms with Crippen molar-refractivity contribution in [3.8, 4) is 0 Å². The molecule has 2 aromatic heterocycles. The number of nitrogens with two attached hydrogens (primary N) is 1. The number of nitrogens with zero attached hydrogens (tertiary/aromatic N) is 3. The van der Waals surface area contributed by atoms with E-state index in [0.717, 1.165) is 23.2 Å². The predicted molar refractivity (Wildman–Crippen MR) is 114 cm³/mol. The monoisotopic (exact) mass is 430 g/mol. The molecule has 0 saturated heterocycles. The molecule has 5 nitrogen and oxygen atoms in total. The summed E-state index contributed by atoms with van der Waals surface area (Å²) in [7, 11) is 0. The SMILES string of the molecule is Cc1cc2cc(C(=O)N(CC(C)C)[C@H](C)c3ccc(C(F)(F)F)cn3)ccc2nc1N. The third kappa shape index (κ3) is 4.95. The number of pyridine rings is 2. The van der Waals surface area contributed by atoms with Crippen LogP contribution in [0.15, 0.2) is 42.6 Å². The lowest BCUT2D eigenvalue weighted by Gasteiger charge is -2.31. The summed E-state index contributed by atoms with van der Waals surface area (Å²) in [5.41, 5.74) is 7.42. The van der Waals surface area contributed by atoms with Gasteiger partial charge in [0.25, 0.3) is 5.91 Å². The Morgan fingerprint density at radius 2 is 1.84 bits per heavy atom. The zero-order valence-corrected chi connectivity index (χ0v) is 17.9. The number of hydrogen-bond acceptors (Lipinski definition) is 4. The van der Waals surface area contributed by atoms with Gasteiger partial charge in [0.15, 0.2) is 0 Å². The zero-order chi connectivity index (χ0) is 22.9.